The van der Waals surface area contributed by atoms with Gasteiger partial charge in [-0.05, 0) is 30.2 Å². The molecule has 0 saturated carbocycles. The van der Waals surface area contributed by atoms with E-state index in [0.29, 0.717) is 16.5 Å². The van der Waals surface area contributed by atoms with Gasteiger partial charge in [0, 0.05) is 10.9 Å². The predicted molar refractivity (Wildman–Crippen MR) is 73.9 cm³/mol. The highest BCUT2D eigenvalue weighted by Gasteiger charge is 2.12. The minimum atomic E-state index is -0.636. The summed E-state index contributed by atoms with van der Waals surface area (Å²) in [7, 11) is 0. The van der Waals surface area contributed by atoms with Crippen molar-refractivity contribution in [3.63, 3.8) is 0 Å². The molecule has 2 aromatic carbocycles. The first-order chi connectivity index (χ1) is 8.56. The SMILES string of the molecule is Cc1ccc(CC(O)c2ccc(F)cc2Br)cc1. The Morgan fingerprint density at radius 1 is 1.17 bits per heavy atom. The van der Waals surface area contributed by atoms with Crippen LogP contribution in [0.2, 0.25) is 0 Å². The number of aliphatic hydroxyl groups is 1. The fourth-order valence-electron chi connectivity index (χ4n) is 1.83. The van der Waals surface area contributed by atoms with Gasteiger partial charge in [0.15, 0.2) is 0 Å². The standard InChI is InChI=1S/C15H14BrFO/c1-10-2-4-11(5-3-10)8-15(18)13-7-6-12(17)9-14(13)16/h2-7,9,15,18H,8H2,1H3. The molecule has 0 fully saturated rings. The molecule has 0 aliphatic rings. The van der Waals surface area contributed by atoms with E-state index < -0.39 is 6.10 Å². The molecule has 18 heavy (non-hydrogen) atoms. The van der Waals surface area contributed by atoms with Gasteiger partial charge >= 0.3 is 0 Å². The topological polar surface area (TPSA) is 20.2 Å². The van der Waals surface area contributed by atoms with Crippen LogP contribution in [-0.2, 0) is 6.42 Å². The van der Waals surface area contributed by atoms with E-state index in [2.05, 4.69) is 15.9 Å². The summed E-state index contributed by atoms with van der Waals surface area (Å²) in [5.74, 6) is -0.312. The van der Waals surface area contributed by atoms with Crippen LogP contribution in [0.3, 0.4) is 0 Å². The van der Waals surface area contributed by atoms with Crippen LogP contribution < -0.4 is 0 Å². The summed E-state index contributed by atoms with van der Waals surface area (Å²) in [5.41, 5.74) is 2.96. The lowest BCUT2D eigenvalue weighted by atomic mass is 10.0. The van der Waals surface area contributed by atoms with E-state index in [9.17, 15) is 9.50 Å². The van der Waals surface area contributed by atoms with Gasteiger partial charge in [-0.3, -0.25) is 0 Å². The lowest BCUT2D eigenvalue weighted by molar-refractivity contribution is 0.177. The number of halogens is 2. The third-order valence-electron chi connectivity index (χ3n) is 2.87. The van der Waals surface area contributed by atoms with Crippen molar-refractivity contribution >= 4 is 15.9 Å². The Morgan fingerprint density at radius 3 is 2.44 bits per heavy atom. The molecule has 1 atom stereocenters. The van der Waals surface area contributed by atoms with Crippen molar-refractivity contribution in [2.24, 2.45) is 0 Å². The van der Waals surface area contributed by atoms with Gasteiger partial charge in [0.05, 0.1) is 6.10 Å². The maximum Gasteiger partial charge on any atom is 0.124 e. The lowest BCUT2D eigenvalue weighted by Crippen LogP contribution is -2.03. The first-order valence-corrected chi connectivity index (χ1v) is 6.54. The molecule has 2 aromatic rings. The van der Waals surface area contributed by atoms with Crippen molar-refractivity contribution in [3.8, 4) is 0 Å². The van der Waals surface area contributed by atoms with Crippen LogP contribution in [0.5, 0.6) is 0 Å². The molecule has 1 unspecified atom stereocenters. The molecule has 1 N–H and O–H groups in total. The minimum absolute atomic E-state index is 0.312. The molecule has 0 radical (unpaired) electrons. The Labute approximate surface area is 114 Å². The van der Waals surface area contributed by atoms with Gasteiger partial charge < -0.3 is 5.11 Å². The van der Waals surface area contributed by atoms with E-state index in [1.165, 1.54) is 17.7 Å². The number of hydrogen-bond donors (Lipinski definition) is 1. The van der Waals surface area contributed by atoms with Crippen LogP contribution in [-0.4, -0.2) is 5.11 Å². The molecule has 3 heteroatoms. The number of hydrogen-bond acceptors (Lipinski definition) is 1. The molecule has 0 amide bonds. The Balaban J connectivity index is 2.16. The van der Waals surface area contributed by atoms with E-state index >= 15 is 0 Å². The Hall–Kier alpha value is -1.19. The maximum atomic E-state index is 13.0. The van der Waals surface area contributed by atoms with Gasteiger partial charge in [-0.25, -0.2) is 4.39 Å². The van der Waals surface area contributed by atoms with Crippen LogP contribution in [0.25, 0.3) is 0 Å². The highest BCUT2D eigenvalue weighted by Crippen LogP contribution is 2.26. The molecule has 94 valence electrons. The second kappa shape index (κ2) is 5.63. The van der Waals surface area contributed by atoms with Crippen molar-refractivity contribution in [2.45, 2.75) is 19.4 Å². The van der Waals surface area contributed by atoms with Crippen LogP contribution in [0.15, 0.2) is 46.9 Å². The Kier molecular flexibility index (Phi) is 4.15. The zero-order chi connectivity index (χ0) is 13.1. The first-order valence-electron chi connectivity index (χ1n) is 5.75. The van der Waals surface area contributed by atoms with E-state index in [1.54, 1.807) is 6.07 Å². The molecular formula is C15H14BrFO. The Bertz CT molecular complexity index is 537. The average Bonchev–Trinajstić information content (AvgIpc) is 2.32. The molecule has 1 nitrogen and oxygen atoms in total. The second-order valence-corrected chi connectivity index (χ2v) is 5.23. The predicted octanol–water partition coefficient (Wildman–Crippen LogP) is 4.17. The summed E-state index contributed by atoms with van der Waals surface area (Å²) in [6, 6.07) is 12.4. The van der Waals surface area contributed by atoms with Gasteiger partial charge in [0.1, 0.15) is 5.82 Å². The van der Waals surface area contributed by atoms with Crippen LogP contribution in [0, 0.1) is 12.7 Å². The minimum Gasteiger partial charge on any atom is -0.388 e. The van der Waals surface area contributed by atoms with Gasteiger partial charge in [0.2, 0.25) is 0 Å². The quantitative estimate of drug-likeness (QED) is 0.902. The molecule has 0 heterocycles. The highest BCUT2D eigenvalue weighted by atomic mass is 79.9. The number of benzene rings is 2. The van der Waals surface area contributed by atoms with Crippen molar-refractivity contribution in [2.75, 3.05) is 0 Å². The maximum absolute atomic E-state index is 13.0. The van der Waals surface area contributed by atoms with Crippen molar-refractivity contribution in [1.29, 1.82) is 0 Å². The van der Waals surface area contributed by atoms with E-state index in [0.717, 1.165) is 5.56 Å². The number of rotatable bonds is 3. The third kappa shape index (κ3) is 3.18. The molecule has 0 aliphatic carbocycles. The molecule has 0 spiro atoms. The van der Waals surface area contributed by atoms with Crippen LogP contribution in [0.1, 0.15) is 22.8 Å². The molecular weight excluding hydrogens is 295 g/mol. The average molecular weight is 309 g/mol. The third-order valence-corrected chi connectivity index (χ3v) is 3.56. The van der Waals surface area contributed by atoms with Crippen molar-refractivity contribution in [1.82, 2.24) is 0 Å². The molecule has 0 aliphatic heterocycles. The second-order valence-electron chi connectivity index (χ2n) is 4.37. The van der Waals surface area contributed by atoms with Crippen LogP contribution >= 0.6 is 15.9 Å². The highest BCUT2D eigenvalue weighted by molar-refractivity contribution is 9.10. The zero-order valence-corrected chi connectivity index (χ0v) is 11.6. The zero-order valence-electron chi connectivity index (χ0n) is 10.0. The Morgan fingerprint density at radius 2 is 1.83 bits per heavy atom. The monoisotopic (exact) mass is 308 g/mol. The summed E-state index contributed by atoms with van der Waals surface area (Å²) in [6.07, 6.45) is -0.118. The van der Waals surface area contributed by atoms with Gasteiger partial charge in [-0.1, -0.05) is 51.8 Å². The number of aryl methyl sites for hydroxylation is 1. The number of aliphatic hydroxyl groups excluding tert-OH is 1. The van der Waals surface area contributed by atoms with Crippen molar-refractivity contribution in [3.05, 3.63) is 69.4 Å². The summed E-state index contributed by atoms with van der Waals surface area (Å²) < 4.78 is 13.6. The summed E-state index contributed by atoms with van der Waals surface area (Å²) in [6.45, 7) is 2.02. The van der Waals surface area contributed by atoms with E-state index in [1.807, 2.05) is 31.2 Å². The normalized spacial score (nSPS) is 12.4. The molecule has 2 rings (SSSR count). The molecule has 0 saturated heterocycles. The van der Waals surface area contributed by atoms with Crippen LogP contribution in [0.4, 0.5) is 4.39 Å². The smallest absolute Gasteiger partial charge is 0.124 e. The molecule has 0 bridgehead atoms. The van der Waals surface area contributed by atoms with Gasteiger partial charge in [-0.2, -0.15) is 0 Å². The molecule has 0 aromatic heterocycles. The fraction of sp³-hybridized carbons (Fsp3) is 0.200. The van der Waals surface area contributed by atoms with Gasteiger partial charge in [-0.15, -0.1) is 0 Å². The fourth-order valence-corrected chi connectivity index (χ4v) is 2.44. The summed E-state index contributed by atoms with van der Waals surface area (Å²) >= 11 is 3.27. The van der Waals surface area contributed by atoms with Crippen molar-refractivity contribution < 1.29 is 9.50 Å². The summed E-state index contributed by atoms with van der Waals surface area (Å²) in [5, 5.41) is 10.2. The lowest BCUT2D eigenvalue weighted by Gasteiger charge is -2.13. The largest absolute Gasteiger partial charge is 0.388 e. The first kappa shape index (κ1) is 13.2. The van der Waals surface area contributed by atoms with Gasteiger partial charge in [0.25, 0.3) is 0 Å². The van der Waals surface area contributed by atoms with E-state index in [-0.39, 0.29) is 5.82 Å². The van der Waals surface area contributed by atoms with E-state index in [4.69, 9.17) is 0 Å². The summed E-state index contributed by atoms with van der Waals surface area (Å²) in [4.78, 5) is 0.